The molecular weight excluding hydrogens is 350 g/mol. The minimum absolute atomic E-state index is 0.143. The number of amides is 1. The molecule has 0 saturated carbocycles. The van der Waals surface area contributed by atoms with E-state index in [2.05, 4.69) is 15.5 Å². The number of hydrogen-bond donors (Lipinski definition) is 1. The Morgan fingerprint density at radius 1 is 1.19 bits per heavy atom. The van der Waals surface area contributed by atoms with Gasteiger partial charge in [-0.15, -0.1) is 10.2 Å². The van der Waals surface area contributed by atoms with Gasteiger partial charge in [-0.25, -0.2) is 0 Å². The first kappa shape index (κ1) is 18.0. The number of anilines is 1. The molecule has 0 aliphatic carbocycles. The number of hydrogen-bond acceptors (Lipinski definition) is 6. The summed E-state index contributed by atoms with van der Waals surface area (Å²) in [5.74, 6) is 1.04. The fourth-order valence-electron chi connectivity index (χ4n) is 2.28. The number of nitrogens with one attached hydrogen (secondary N) is 1. The fraction of sp³-hybridized carbons (Fsp3) is 0.211. The summed E-state index contributed by atoms with van der Waals surface area (Å²) < 4.78 is 10.8. The van der Waals surface area contributed by atoms with E-state index in [0.29, 0.717) is 16.8 Å². The molecule has 0 aliphatic heterocycles. The highest BCUT2D eigenvalue weighted by Crippen LogP contribution is 2.27. The Hall–Kier alpha value is -2.80. The molecule has 2 aromatic carbocycles. The van der Waals surface area contributed by atoms with Gasteiger partial charge in [0, 0.05) is 11.3 Å². The summed E-state index contributed by atoms with van der Waals surface area (Å²) in [4.78, 5) is 12.3. The van der Waals surface area contributed by atoms with Crippen molar-refractivity contribution < 1.29 is 13.9 Å². The molecule has 7 heteroatoms. The number of carbonyl (C=O) groups excluding carboxylic acids is 1. The van der Waals surface area contributed by atoms with Crippen molar-refractivity contribution >= 4 is 23.4 Å². The lowest BCUT2D eigenvalue weighted by Crippen LogP contribution is -2.22. The van der Waals surface area contributed by atoms with Crippen LogP contribution in [0.3, 0.4) is 0 Å². The van der Waals surface area contributed by atoms with Crippen molar-refractivity contribution in [2.24, 2.45) is 0 Å². The number of aromatic nitrogens is 2. The molecule has 1 amide bonds. The molecule has 1 heterocycles. The molecule has 3 rings (SSSR count). The number of carbonyl (C=O) groups is 1. The lowest BCUT2D eigenvalue weighted by atomic mass is 10.1. The number of aryl methyl sites for hydroxylation is 1. The third-order valence-corrected chi connectivity index (χ3v) is 4.61. The molecule has 0 radical (unpaired) electrons. The van der Waals surface area contributed by atoms with Crippen molar-refractivity contribution in [1.29, 1.82) is 0 Å². The van der Waals surface area contributed by atoms with Crippen LogP contribution in [0.4, 0.5) is 5.69 Å². The SMILES string of the molecule is COc1ccc(NC(=O)[C@@H](C)Sc2nnc(-c3cccc(C)c3)o2)cc1. The van der Waals surface area contributed by atoms with E-state index in [4.69, 9.17) is 9.15 Å². The number of nitrogens with zero attached hydrogens (tertiary/aromatic N) is 2. The minimum atomic E-state index is -0.386. The number of thioether (sulfide) groups is 1. The van der Waals surface area contributed by atoms with Crippen molar-refractivity contribution in [2.45, 2.75) is 24.3 Å². The quantitative estimate of drug-likeness (QED) is 0.657. The van der Waals surface area contributed by atoms with Crippen LogP contribution >= 0.6 is 11.8 Å². The molecular formula is C19H19N3O3S. The van der Waals surface area contributed by atoms with Gasteiger partial charge in [0.05, 0.1) is 12.4 Å². The Kier molecular flexibility index (Phi) is 5.58. The molecule has 1 atom stereocenters. The molecule has 134 valence electrons. The molecule has 0 fully saturated rings. The van der Waals surface area contributed by atoms with E-state index in [0.717, 1.165) is 16.9 Å². The summed E-state index contributed by atoms with van der Waals surface area (Å²) in [6.45, 7) is 3.79. The van der Waals surface area contributed by atoms with Crippen LogP contribution in [0.25, 0.3) is 11.5 Å². The second-order valence-corrected chi connectivity index (χ2v) is 7.01. The van der Waals surface area contributed by atoms with Crippen LogP contribution in [0, 0.1) is 6.92 Å². The monoisotopic (exact) mass is 369 g/mol. The Balaban J connectivity index is 1.62. The second-order valence-electron chi connectivity index (χ2n) is 5.72. The molecule has 0 unspecified atom stereocenters. The summed E-state index contributed by atoms with van der Waals surface area (Å²) in [6, 6.07) is 15.0. The molecule has 0 aliphatic rings. The number of benzene rings is 2. The summed E-state index contributed by atoms with van der Waals surface area (Å²) >= 11 is 1.22. The number of methoxy groups -OCH3 is 1. The third-order valence-electron chi connectivity index (χ3n) is 3.68. The fourth-order valence-corrected chi connectivity index (χ4v) is 2.96. The Labute approximate surface area is 156 Å². The van der Waals surface area contributed by atoms with Gasteiger partial charge in [-0.1, -0.05) is 29.5 Å². The van der Waals surface area contributed by atoms with E-state index in [1.54, 1.807) is 38.3 Å². The maximum atomic E-state index is 12.3. The van der Waals surface area contributed by atoms with E-state index < -0.39 is 0 Å². The smallest absolute Gasteiger partial charge is 0.277 e. The minimum Gasteiger partial charge on any atom is -0.497 e. The van der Waals surface area contributed by atoms with E-state index in [1.165, 1.54) is 11.8 Å². The van der Waals surface area contributed by atoms with Crippen LogP contribution in [-0.2, 0) is 4.79 Å². The maximum Gasteiger partial charge on any atom is 0.277 e. The van der Waals surface area contributed by atoms with Crippen LogP contribution in [-0.4, -0.2) is 28.5 Å². The number of ether oxygens (including phenoxy) is 1. The molecule has 1 aromatic heterocycles. The summed E-state index contributed by atoms with van der Waals surface area (Å²) in [6.07, 6.45) is 0. The molecule has 3 aromatic rings. The van der Waals surface area contributed by atoms with Gasteiger partial charge in [0.2, 0.25) is 11.8 Å². The molecule has 0 bridgehead atoms. The van der Waals surface area contributed by atoms with E-state index >= 15 is 0 Å². The van der Waals surface area contributed by atoms with Gasteiger partial charge in [0.1, 0.15) is 5.75 Å². The largest absolute Gasteiger partial charge is 0.497 e. The molecule has 1 N–H and O–H groups in total. The standard InChI is InChI=1S/C19H19N3O3S/c1-12-5-4-6-14(11-12)18-21-22-19(25-18)26-13(2)17(23)20-15-7-9-16(24-3)10-8-15/h4-11,13H,1-3H3,(H,20,23)/t13-/m1/s1. The highest BCUT2D eigenvalue weighted by molar-refractivity contribution is 8.00. The first-order chi connectivity index (χ1) is 12.5. The zero-order valence-corrected chi connectivity index (χ0v) is 15.5. The van der Waals surface area contributed by atoms with Crippen molar-refractivity contribution in [3.63, 3.8) is 0 Å². The van der Waals surface area contributed by atoms with Gasteiger partial charge in [0.25, 0.3) is 5.22 Å². The predicted molar refractivity (Wildman–Crippen MR) is 101 cm³/mol. The molecule has 6 nitrogen and oxygen atoms in total. The van der Waals surface area contributed by atoms with Gasteiger partial charge >= 0.3 is 0 Å². The Morgan fingerprint density at radius 3 is 2.65 bits per heavy atom. The van der Waals surface area contributed by atoms with E-state index in [9.17, 15) is 4.79 Å². The maximum absolute atomic E-state index is 12.3. The van der Waals surface area contributed by atoms with Crippen molar-refractivity contribution in [3.8, 4) is 17.2 Å². The normalized spacial score (nSPS) is 11.8. The van der Waals surface area contributed by atoms with Gasteiger partial charge in [0.15, 0.2) is 0 Å². The van der Waals surface area contributed by atoms with Crippen LogP contribution in [0.1, 0.15) is 12.5 Å². The van der Waals surface area contributed by atoms with Crippen LogP contribution in [0.2, 0.25) is 0 Å². The van der Waals surface area contributed by atoms with E-state index in [1.807, 2.05) is 31.2 Å². The van der Waals surface area contributed by atoms with Crippen molar-refractivity contribution in [3.05, 3.63) is 54.1 Å². The topological polar surface area (TPSA) is 77.2 Å². The van der Waals surface area contributed by atoms with Crippen LogP contribution in [0.5, 0.6) is 5.75 Å². The predicted octanol–water partition coefficient (Wildman–Crippen LogP) is 4.17. The van der Waals surface area contributed by atoms with Gasteiger partial charge in [-0.05, 0) is 50.2 Å². The summed E-state index contributed by atoms with van der Waals surface area (Å²) in [5, 5.41) is 10.9. The summed E-state index contributed by atoms with van der Waals surface area (Å²) in [7, 11) is 1.60. The van der Waals surface area contributed by atoms with E-state index in [-0.39, 0.29) is 11.2 Å². The Bertz CT molecular complexity index is 893. The average molecular weight is 369 g/mol. The van der Waals surface area contributed by atoms with Crippen molar-refractivity contribution in [1.82, 2.24) is 10.2 Å². The lowest BCUT2D eigenvalue weighted by molar-refractivity contribution is -0.115. The molecule has 0 spiro atoms. The number of rotatable bonds is 6. The Morgan fingerprint density at radius 2 is 1.96 bits per heavy atom. The average Bonchev–Trinajstić information content (AvgIpc) is 3.11. The zero-order valence-electron chi connectivity index (χ0n) is 14.7. The highest BCUT2D eigenvalue weighted by Gasteiger charge is 2.19. The van der Waals surface area contributed by atoms with Crippen LogP contribution < -0.4 is 10.1 Å². The van der Waals surface area contributed by atoms with Gasteiger partial charge in [-0.3, -0.25) is 4.79 Å². The van der Waals surface area contributed by atoms with Crippen molar-refractivity contribution in [2.75, 3.05) is 12.4 Å². The zero-order chi connectivity index (χ0) is 18.5. The first-order valence-electron chi connectivity index (χ1n) is 8.07. The lowest BCUT2D eigenvalue weighted by Gasteiger charge is -2.10. The summed E-state index contributed by atoms with van der Waals surface area (Å²) in [5.41, 5.74) is 2.68. The van der Waals surface area contributed by atoms with Gasteiger partial charge < -0.3 is 14.5 Å². The highest BCUT2D eigenvalue weighted by atomic mass is 32.2. The first-order valence-corrected chi connectivity index (χ1v) is 8.95. The molecule has 26 heavy (non-hydrogen) atoms. The van der Waals surface area contributed by atoms with Crippen LogP contribution in [0.15, 0.2) is 58.2 Å². The van der Waals surface area contributed by atoms with Gasteiger partial charge in [-0.2, -0.15) is 0 Å². The molecule has 0 saturated heterocycles. The second kappa shape index (κ2) is 8.05. The third kappa shape index (κ3) is 4.43.